The molecule has 3 aromatic carbocycles. The van der Waals surface area contributed by atoms with Gasteiger partial charge in [0.05, 0.1) is 0 Å². The molecule has 0 aliphatic heterocycles. The van der Waals surface area contributed by atoms with Gasteiger partial charge in [-0.3, -0.25) is 0 Å². The number of hydrogen-bond acceptors (Lipinski definition) is 1. The first-order chi connectivity index (χ1) is 9.61. The molecule has 0 bridgehead atoms. The molecule has 3 heteroatoms. The third-order valence-corrected chi connectivity index (χ3v) is 3.63. The Morgan fingerprint density at radius 1 is 0.750 bits per heavy atom. The second kappa shape index (κ2) is 5.35. The maximum absolute atomic E-state index is 6.05. The molecule has 0 aromatic heterocycles. The monoisotopic (exact) mass is 302 g/mol. The van der Waals surface area contributed by atoms with Gasteiger partial charge in [0.15, 0.2) is 0 Å². The third kappa shape index (κ3) is 2.74. The average molecular weight is 303 g/mol. The normalized spacial score (nSPS) is 10.8. The van der Waals surface area contributed by atoms with Gasteiger partial charge in [-0.2, -0.15) is 0 Å². The standard InChI is InChI=1S/C17H12Cl2O/c1-11-8-16(20-15-5-2-13(18)3-6-15)10-12-9-14(19)4-7-17(11)12/h2-10H,1H3. The number of halogens is 2. The summed E-state index contributed by atoms with van der Waals surface area (Å²) in [6, 6.07) is 17.2. The Balaban J connectivity index is 2.01. The number of aryl methyl sites for hydroxylation is 1. The molecule has 0 saturated heterocycles. The van der Waals surface area contributed by atoms with Crippen LogP contribution in [0.4, 0.5) is 0 Å². The minimum Gasteiger partial charge on any atom is -0.457 e. The van der Waals surface area contributed by atoms with Gasteiger partial charge in [0.2, 0.25) is 0 Å². The molecule has 3 rings (SSSR count). The van der Waals surface area contributed by atoms with E-state index >= 15 is 0 Å². The fourth-order valence-corrected chi connectivity index (χ4v) is 2.50. The molecule has 0 aliphatic rings. The number of benzene rings is 3. The fourth-order valence-electron chi connectivity index (χ4n) is 2.20. The van der Waals surface area contributed by atoms with Gasteiger partial charge in [-0.1, -0.05) is 29.3 Å². The summed E-state index contributed by atoms with van der Waals surface area (Å²) >= 11 is 11.9. The van der Waals surface area contributed by atoms with Gasteiger partial charge in [-0.15, -0.1) is 0 Å². The van der Waals surface area contributed by atoms with E-state index in [1.165, 1.54) is 5.39 Å². The van der Waals surface area contributed by atoms with E-state index < -0.39 is 0 Å². The first kappa shape index (κ1) is 13.3. The summed E-state index contributed by atoms with van der Waals surface area (Å²) in [6.45, 7) is 2.06. The van der Waals surface area contributed by atoms with Gasteiger partial charge in [-0.05, 0) is 71.8 Å². The third-order valence-electron chi connectivity index (χ3n) is 3.14. The second-order valence-corrected chi connectivity index (χ2v) is 5.53. The number of fused-ring (bicyclic) bond motifs is 1. The SMILES string of the molecule is Cc1cc(Oc2ccc(Cl)cc2)cc2cc(Cl)ccc12. The van der Waals surface area contributed by atoms with E-state index in [1.54, 1.807) is 0 Å². The maximum atomic E-state index is 6.05. The smallest absolute Gasteiger partial charge is 0.128 e. The van der Waals surface area contributed by atoms with E-state index in [0.717, 1.165) is 27.5 Å². The molecule has 1 nitrogen and oxygen atoms in total. The van der Waals surface area contributed by atoms with Crippen molar-refractivity contribution in [3.8, 4) is 11.5 Å². The topological polar surface area (TPSA) is 9.23 Å². The van der Waals surface area contributed by atoms with Crippen molar-refractivity contribution in [2.24, 2.45) is 0 Å². The molecule has 0 saturated carbocycles. The Kier molecular flexibility index (Phi) is 3.56. The highest BCUT2D eigenvalue weighted by Gasteiger charge is 2.04. The molecule has 0 radical (unpaired) electrons. The van der Waals surface area contributed by atoms with Gasteiger partial charge in [-0.25, -0.2) is 0 Å². The molecular formula is C17H12Cl2O. The Hall–Kier alpha value is -1.70. The predicted molar refractivity (Wildman–Crippen MR) is 85.2 cm³/mol. The van der Waals surface area contributed by atoms with Gasteiger partial charge in [0.1, 0.15) is 11.5 Å². The predicted octanol–water partition coefficient (Wildman–Crippen LogP) is 6.25. The number of ether oxygens (including phenoxy) is 1. The quantitative estimate of drug-likeness (QED) is 0.544. The van der Waals surface area contributed by atoms with Crippen molar-refractivity contribution in [2.45, 2.75) is 6.92 Å². The summed E-state index contributed by atoms with van der Waals surface area (Å²) in [7, 11) is 0. The van der Waals surface area contributed by atoms with Gasteiger partial charge in [0.25, 0.3) is 0 Å². The summed E-state index contributed by atoms with van der Waals surface area (Å²) in [5.74, 6) is 1.55. The second-order valence-electron chi connectivity index (χ2n) is 4.66. The first-order valence-electron chi connectivity index (χ1n) is 6.25. The molecule has 0 fully saturated rings. The fraction of sp³-hybridized carbons (Fsp3) is 0.0588. The van der Waals surface area contributed by atoms with E-state index in [4.69, 9.17) is 27.9 Å². The summed E-state index contributed by atoms with van der Waals surface area (Å²) in [4.78, 5) is 0. The molecule has 0 N–H and O–H groups in total. The van der Waals surface area contributed by atoms with E-state index in [-0.39, 0.29) is 0 Å². The van der Waals surface area contributed by atoms with Crippen molar-refractivity contribution >= 4 is 34.0 Å². The van der Waals surface area contributed by atoms with Crippen molar-refractivity contribution in [1.29, 1.82) is 0 Å². The van der Waals surface area contributed by atoms with Crippen LogP contribution in [0.25, 0.3) is 10.8 Å². The lowest BCUT2D eigenvalue weighted by Crippen LogP contribution is -1.86. The van der Waals surface area contributed by atoms with Crippen LogP contribution in [-0.2, 0) is 0 Å². The first-order valence-corrected chi connectivity index (χ1v) is 7.01. The van der Waals surface area contributed by atoms with Crippen LogP contribution >= 0.6 is 23.2 Å². The lowest BCUT2D eigenvalue weighted by Gasteiger charge is -2.09. The highest BCUT2D eigenvalue weighted by atomic mass is 35.5. The number of rotatable bonds is 2. The van der Waals surface area contributed by atoms with E-state index in [0.29, 0.717) is 5.02 Å². The van der Waals surface area contributed by atoms with Crippen LogP contribution in [0.2, 0.25) is 10.0 Å². The van der Waals surface area contributed by atoms with Crippen molar-refractivity contribution in [2.75, 3.05) is 0 Å². The summed E-state index contributed by atoms with van der Waals surface area (Å²) < 4.78 is 5.86. The summed E-state index contributed by atoms with van der Waals surface area (Å²) in [5, 5.41) is 3.67. The molecule has 3 aromatic rings. The molecule has 0 amide bonds. The largest absolute Gasteiger partial charge is 0.457 e. The van der Waals surface area contributed by atoms with Crippen LogP contribution in [0.1, 0.15) is 5.56 Å². The van der Waals surface area contributed by atoms with Crippen LogP contribution < -0.4 is 4.74 Å². The number of hydrogen-bond donors (Lipinski definition) is 0. The van der Waals surface area contributed by atoms with Gasteiger partial charge in [0, 0.05) is 10.0 Å². The van der Waals surface area contributed by atoms with Gasteiger partial charge < -0.3 is 4.74 Å². The van der Waals surface area contributed by atoms with Crippen molar-refractivity contribution in [3.63, 3.8) is 0 Å². The molecule has 0 heterocycles. The van der Waals surface area contributed by atoms with Crippen molar-refractivity contribution in [1.82, 2.24) is 0 Å². The Morgan fingerprint density at radius 2 is 1.45 bits per heavy atom. The summed E-state index contributed by atoms with van der Waals surface area (Å²) in [5.41, 5.74) is 1.16. The molecule has 0 atom stereocenters. The van der Waals surface area contributed by atoms with Crippen LogP contribution in [0.5, 0.6) is 11.5 Å². The zero-order chi connectivity index (χ0) is 14.1. The van der Waals surface area contributed by atoms with Crippen molar-refractivity contribution < 1.29 is 4.74 Å². The molecule has 20 heavy (non-hydrogen) atoms. The zero-order valence-electron chi connectivity index (χ0n) is 10.9. The minimum atomic E-state index is 0.693. The van der Waals surface area contributed by atoms with Crippen LogP contribution in [0.15, 0.2) is 54.6 Å². The lowest BCUT2D eigenvalue weighted by molar-refractivity contribution is 0.483. The van der Waals surface area contributed by atoms with E-state index in [2.05, 4.69) is 6.92 Å². The molecular weight excluding hydrogens is 291 g/mol. The molecule has 0 spiro atoms. The summed E-state index contributed by atoms with van der Waals surface area (Å²) in [6.07, 6.45) is 0. The van der Waals surface area contributed by atoms with Crippen LogP contribution in [0.3, 0.4) is 0 Å². The van der Waals surface area contributed by atoms with Gasteiger partial charge >= 0.3 is 0 Å². The molecule has 100 valence electrons. The minimum absolute atomic E-state index is 0.693. The molecule has 0 unspecified atom stereocenters. The highest BCUT2D eigenvalue weighted by molar-refractivity contribution is 6.31. The van der Waals surface area contributed by atoms with E-state index in [1.807, 2.05) is 54.6 Å². The lowest BCUT2D eigenvalue weighted by atomic mass is 10.1. The van der Waals surface area contributed by atoms with Crippen LogP contribution in [-0.4, -0.2) is 0 Å². The average Bonchev–Trinajstić information content (AvgIpc) is 2.41. The van der Waals surface area contributed by atoms with Crippen molar-refractivity contribution in [3.05, 3.63) is 70.2 Å². The Morgan fingerprint density at radius 3 is 2.20 bits per heavy atom. The zero-order valence-corrected chi connectivity index (χ0v) is 12.4. The Bertz CT molecular complexity index is 764. The highest BCUT2D eigenvalue weighted by Crippen LogP contribution is 2.30. The molecule has 0 aliphatic carbocycles. The van der Waals surface area contributed by atoms with E-state index in [9.17, 15) is 0 Å². The van der Waals surface area contributed by atoms with Crippen LogP contribution in [0, 0.1) is 6.92 Å². The Labute approximate surface area is 127 Å². The maximum Gasteiger partial charge on any atom is 0.128 e.